The fourth-order valence-electron chi connectivity index (χ4n) is 2.20. The normalized spacial score (nSPS) is 23.7. The smallest absolute Gasteiger partial charge is 0.335 e. The van der Waals surface area contributed by atoms with Crippen LogP contribution in [-0.2, 0) is 4.74 Å². The van der Waals surface area contributed by atoms with E-state index < -0.39 is 5.97 Å². The van der Waals surface area contributed by atoms with Crippen LogP contribution in [0.3, 0.4) is 0 Å². The number of nitrogens with zero attached hydrogens (tertiary/aromatic N) is 1. The highest BCUT2D eigenvalue weighted by molar-refractivity contribution is 5.88. The van der Waals surface area contributed by atoms with Crippen LogP contribution < -0.4 is 5.32 Å². The molecule has 1 fully saturated rings. The second kappa shape index (κ2) is 4.94. The maximum Gasteiger partial charge on any atom is 0.335 e. The number of carbonyl (C=O) groups is 1. The van der Waals surface area contributed by atoms with Crippen molar-refractivity contribution >= 4 is 11.8 Å². The summed E-state index contributed by atoms with van der Waals surface area (Å²) in [5.74, 6) is -0.339. The number of ether oxygens (including phenoxy) is 1. The third-order valence-electron chi connectivity index (χ3n) is 3.07. The lowest BCUT2D eigenvalue weighted by Crippen LogP contribution is -2.43. The fraction of sp³-hybridized carbons (Fsp3) is 0.538. The first-order valence-corrected chi connectivity index (χ1v) is 6.06. The Labute approximate surface area is 106 Å². The highest BCUT2D eigenvalue weighted by Gasteiger charge is 2.28. The molecule has 2 N–H and O–H groups in total. The van der Waals surface area contributed by atoms with E-state index in [-0.39, 0.29) is 11.1 Å². The summed E-state index contributed by atoms with van der Waals surface area (Å²) in [4.78, 5) is 15.3. The van der Waals surface area contributed by atoms with E-state index >= 15 is 0 Å². The molecule has 1 atom stereocenters. The molecule has 2 heterocycles. The van der Waals surface area contributed by atoms with Gasteiger partial charge in [-0.15, -0.1) is 0 Å². The molecule has 98 valence electrons. The lowest BCUT2D eigenvalue weighted by Gasteiger charge is -2.34. The zero-order chi connectivity index (χ0) is 13.2. The lowest BCUT2D eigenvalue weighted by atomic mass is 9.95. The van der Waals surface area contributed by atoms with Gasteiger partial charge in [0.15, 0.2) is 0 Å². The van der Waals surface area contributed by atoms with Crippen LogP contribution in [0.5, 0.6) is 0 Å². The van der Waals surface area contributed by atoms with Gasteiger partial charge in [-0.2, -0.15) is 0 Å². The molecule has 0 spiro atoms. The van der Waals surface area contributed by atoms with Gasteiger partial charge in [-0.1, -0.05) is 0 Å². The van der Waals surface area contributed by atoms with Gasteiger partial charge in [-0.3, -0.25) is 0 Å². The molecule has 0 bridgehead atoms. The summed E-state index contributed by atoms with van der Waals surface area (Å²) in [6.45, 7) is 5.26. The molecule has 18 heavy (non-hydrogen) atoms. The molecular formula is C13H18N2O3. The Hall–Kier alpha value is -1.62. The SMILES string of the molecule is Cc1cc(C(=O)O)cc(NC2(C)CCCOC2)n1. The van der Waals surface area contributed by atoms with Crippen molar-refractivity contribution < 1.29 is 14.6 Å². The zero-order valence-electron chi connectivity index (χ0n) is 10.7. The molecule has 0 aromatic carbocycles. The molecule has 0 radical (unpaired) electrons. The number of carboxylic acid groups (broad SMARTS) is 1. The summed E-state index contributed by atoms with van der Waals surface area (Å²) in [5.41, 5.74) is 0.775. The van der Waals surface area contributed by atoms with Crippen LogP contribution in [0.15, 0.2) is 12.1 Å². The van der Waals surface area contributed by atoms with Crippen molar-refractivity contribution in [3.05, 3.63) is 23.4 Å². The van der Waals surface area contributed by atoms with E-state index in [1.807, 2.05) is 0 Å². The molecule has 0 aliphatic carbocycles. The number of anilines is 1. The average molecular weight is 250 g/mol. The maximum absolute atomic E-state index is 11.0. The summed E-state index contributed by atoms with van der Waals surface area (Å²) in [5, 5.41) is 12.3. The third kappa shape index (κ3) is 2.98. The van der Waals surface area contributed by atoms with E-state index in [1.54, 1.807) is 19.1 Å². The minimum atomic E-state index is -0.936. The molecule has 1 saturated heterocycles. The Morgan fingerprint density at radius 1 is 1.56 bits per heavy atom. The summed E-state index contributed by atoms with van der Waals surface area (Å²) < 4.78 is 5.46. The Morgan fingerprint density at radius 2 is 2.33 bits per heavy atom. The second-order valence-corrected chi connectivity index (χ2v) is 5.03. The van der Waals surface area contributed by atoms with Gasteiger partial charge in [0.1, 0.15) is 5.82 Å². The molecule has 1 aromatic rings. The molecule has 1 aliphatic heterocycles. The third-order valence-corrected chi connectivity index (χ3v) is 3.07. The van der Waals surface area contributed by atoms with E-state index in [1.165, 1.54) is 0 Å². The quantitative estimate of drug-likeness (QED) is 0.859. The van der Waals surface area contributed by atoms with Gasteiger partial charge in [-0.25, -0.2) is 9.78 Å². The number of aryl methyl sites for hydroxylation is 1. The number of hydrogen-bond acceptors (Lipinski definition) is 4. The predicted molar refractivity (Wildman–Crippen MR) is 68.0 cm³/mol. The summed E-state index contributed by atoms with van der Waals surface area (Å²) >= 11 is 0. The van der Waals surface area contributed by atoms with E-state index in [2.05, 4.69) is 17.2 Å². The second-order valence-electron chi connectivity index (χ2n) is 5.03. The van der Waals surface area contributed by atoms with Crippen LogP contribution in [0.2, 0.25) is 0 Å². The minimum absolute atomic E-state index is 0.172. The first-order valence-electron chi connectivity index (χ1n) is 6.06. The van der Waals surface area contributed by atoms with Crippen LogP contribution in [-0.4, -0.2) is 34.8 Å². The Balaban J connectivity index is 2.20. The van der Waals surface area contributed by atoms with Gasteiger partial charge in [-0.05, 0) is 38.8 Å². The van der Waals surface area contributed by atoms with Crippen molar-refractivity contribution in [1.29, 1.82) is 0 Å². The van der Waals surface area contributed by atoms with Gasteiger partial charge in [0.05, 0.1) is 17.7 Å². The Kier molecular flexibility index (Phi) is 3.52. The van der Waals surface area contributed by atoms with E-state index in [4.69, 9.17) is 9.84 Å². The first kappa shape index (κ1) is 12.8. The van der Waals surface area contributed by atoms with Gasteiger partial charge in [0.25, 0.3) is 0 Å². The molecule has 0 saturated carbocycles. The number of nitrogens with one attached hydrogen (secondary N) is 1. The van der Waals surface area contributed by atoms with E-state index in [0.29, 0.717) is 18.1 Å². The van der Waals surface area contributed by atoms with E-state index in [9.17, 15) is 4.79 Å². The largest absolute Gasteiger partial charge is 0.478 e. The van der Waals surface area contributed by atoms with Crippen LogP contribution in [0.1, 0.15) is 35.8 Å². The molecule has 2 rings (SSSR count). The summed E-state index contributed by atoms with van der Waals surface area (Å²) in [6, 6.07) is 3.13. The number of aromatic nitrogens is 1. The summed E-state index contributed by atoms with van der Waals surface area (Å²) in [6.07, 6.45) is 1.99. The van der Waals surface area contributed by atoms with E-state index in [0.717, 1.165) is 19.4 Å². The standard InChI is InChI=1S/C13H18N2O3/c1-9-6-10(12(16)17)7-11(14-9)15-13(2)4-3-5-18-8-13/h6-7H,3-5,8H2,1-2H3,(H,14,15)(H,16,17). The molecule has 5 nitrogen and oxygen atoms in total. The van der Waals surface area contributed by atoms with Crippen molar-refractivity contribution in [2.75, 3.05) is 18.5 Å². The zero-order valence-corrected chi connectivity index (χ0v) is 10.7. The van der Waals surface area contributed by atoms with Crippen molar-refractivity contribution in [2.45, 2.75) is 32.2 Å². The molecular weight excluding hydrogens is 232 g/mol. The number of hydrogen-bond donors (Lipinski definition) is 2. The summed E-state index contributed by atoms with van der Waals surface area (Å²) in [7, 11) is 0. The van der Waals surface area contributed by atoms with Gasteiger partial charge in [0, 0.05) is 12.3 Å². The molecule has 0 amide bonds. The first-order chi connectivity index (χ1) is 8.48. The topological polar surface area (TPSA) is 71.5 Å². The van der Waals surface area contributed by atoms with Gasteiger partial charge >= 0.3 is 5.97 Å². The van der Waals surface area contributed by atoms with Crippen LogP contribution in [0.4, 0.5) is 5.82 Å². The monoisotopic (exact) mass is 250 g/mol. The van der Waals surface area contributed by atoms with Crippen molar-refractivity contribution in [2.24, 2.45) is 0 Å². The highest BCUT2D eigenvalue weighted by atomic mass is 16.5. The van der Waals surface area contributed by atoms with Gasteiger partial charge in [0.2, 0.25) is 0 Å². The Bertz CT molecular complexity index is 454. The van der Waals surface area contributed by atoms with Crippen molar-refractivity contribution in [1.82, 2.24) is 4.98 Å². The van der Waals surface area contributed by atoms with Crippen molar-refractivity contribution in [3.8, 4) is 0 Å². The molecule has 1 aromatic heterocycles. The van der Waals surface area contributed by atoms with Crippen LogP contribution >= 0.6 is 0 Å². The number of carboxylic acids is 1. The fourth-order valence-corrected chi connectivity index (χ4v) is 2.20. The predicted octanol–water partition coefficient (Wildman–Crippen LogP) is 2.07. The van der Waals surface area contributed by atoms with Gasteiger partial charge < -0.3 is 15.2 Å². The number of aromatic carboxylic acids is 1. The molecule has 1 aliphatic rings. The number of rotatable bonds is 3. The van der Waals surface area contributed by atoms with Crippen molar-refractivity contribution in [3.63, 3.8) is 0 Å². The lowest BCUT2D eigenvalue weighted by molar-refractivity contribution is 0.0539. The minimum Gasteiger partial charge on any atom is -0.478 e. The van der Waals surface area contributed by atoms with Crippen LogP contribution in [0, 0.1) is 6.92 Å². The average Bonchev–Trinajstić information content (AvgIpc) is 2.28. The van der Waals surface area contributed by atoms with Crippen LogP contribution in [0.25, 0.3) is 0 Å². The Morgan fingerprint density at radius 3 is 2.94 bits per heavy atom. The highest BCUT2D eigenvalue weighted by Crippen LogP contribution is 2.23. The molecule has 1 unspecified atom stereocenters. The molecule has 5 heteroatoms. The maximum atomic E-state index is 11.0. The number of pyridine rings is 1.